The molecule has 0 atom stereocenters. The first kappa shape index (κ1) is 22.1. The minimum atomic E-state index is -0.670. The van der Waals surface area contributed by atoms with Crippen molar-refractivity contribution in [1.82, 2.24) is 4.90 Å². The molecule has 1 aliphatic heterocycles. The maximum Gasteiger partial charge on any atom is 0.325 e. The predicted octanol–water partition coefficient (Wildman–Crippen LogP) is 3.22. The molecule has 2 aromatic rings. The van der Waals surface area contributed by atoms with E-state index in [1.165, 1.54) is 7.11 Å². The SMILES string of the molecule is COC(=O)CN1C(=O)S/C(=C/c2ccc(OCC(=O)Nc3ccc(C)cc3)cc2)C1=O. The molecule has 0 saturated carbocycles. The molecule has 9 heteroatoms. The van der Waals surface area contributed by atoms with Gasteiger partial charge in [-0.15, -0.1) is 0 Å². The molecule has 1 fully saturated rings. The van der Waals surface area contributed by atoms with Crippen molar-refractivity contribution in [3.05, 3.63) is 64.6 Å². The summed E-state index contributed by atoms with van der Waals surface area (Å²) in [6, 6.07) is 14.1. The van der Waals surface area contributed by atoms with E-state index in [-0.39, 0.29) is 17.4 Å². The number of thioether (sulfide) groups is 1. The van der Waals surface area contributed by atoms with Crippen LogP contribution in [0.3, 0.4) is 0 Å². The molecule has 160 valence electrons. The van der Waals surface area contributed by atoms with Crippen LogP contribution < -0.4 is 10.1 Å². The number of rotatable bonds is 7. The first-order valence-electron chi connectivity index (χ1n) is 9.27. The van der Waals surface area contributed by atoms with Crippen LogP contribution in [-0.4, -0.2) is 48.2 Å². The van der Waals surface area contributed by atoms with E-state index in [0.29, 0.717) is 17.0 Å². The minimum absolute atomic E-state index is 0.153. The second-order valence-corrected chi connectivity index (χ2v) is 7.61. The number of amides is 3. The molecule has 3 amide bonds. The van der Waals surface area contributed by atoms with Crippen molar-refractivity contribution in [3.8, 4) is 5.75 Å². The number of carbonyl (C=O) groups excluding carboxylic acids is 4. The molecule has 2 aromatic carbocycles. The zero-order valence-corrected chi connectivity index (χ0v) is 17.7. The second-order valence-electron chi connectivity index (χ2n) is 6.62. The fourth-order valence-electron chi connectivity index (χ4n) is 2.62. The highest BCUT2D eigenvalue weighted by Crippen LogP contribution is 2.32. The van der Waals surface area contributed by atoms with Crippen molar-refractivity contribution in [2.75, 3.05) is 25.6 Å². The highest BCUT2D eigenvalue weighted by molar-refractivity contribution is 8.18. The topological polar surface area (TPSA) is 102 Å². The third kappa shape index (κ3) is 5.95. The molecule has 1 N–H and O–H groups in total. The maximum absolute atomic E-state index is 12.3. The number of carbonyl (C=O) groups is 4. The molecule has 0 bridgehead atoms. The van der Waals surface area contributed by atoms with Crippen LogP contribution in [-0.2, 0) is 19.1 Å². The molecule has 0 unspecified atom stereocenters. The van der Waals surface area contributed by atoms with E-state index in [2.05, 4.69) is 10.1 Å². The average Bonchev–Trinajstić information content (AvgIpc) is 3.02. The van der Waals surface area contributed by atoms with Gasteiger partial charge >= 0.3 is 5.97 Å². The lowest BCUT2D eigenvalue weighted by Crippen LogP contribution is -2.34. The fraction of sp³-hybridized carbons (Fsp3) is 0.182. The van der Waals surface area contributed by atoms with Crippen molar-refractivity contribution in [1.29, 1.82) is 0 Å². The van der Waals surface area contributed by atoms with E-state index in [9.17, 15) is 19.2 Å². The standard InChI is InChI=1S/C22H20N2O6S/c1-14-3-7-16(8-4-14)23-19(25)13-30-17-9-5-15(6-10-17)11-18-21(27)24(22(28)31-18)12-20(26)29-2/h3-11H,12-13H2,1-2H3,(H,23,25)/b18-11+. The molecule has 31 heavy (non-hydrogen) atoms. The zero-order chi connectivity index (χ0) is 22.4. The van der Waals surface area contributed by atoms with Crippen molar-refractivity contribution < 1.29 is 28.7 Å². The number of hydrogen-bond acceptors (Lipinski definition) is 7. The Morgan fingerprint density at radius 3 is 2.39 bits per heavy atom. The average molecular weight is 440 g/mol. The van der Waals surface area contributed by atoms with Crippen LogP contribution in [0.5, 0.6) is 5.75 Å². The Morgan fingerprint density at radius 1 is 1.06 bits per heavy atom. The van der Waals surface area contributed by atoms with Crippen LogP contribution in [0.1, 0.15) is 11.1 Å². The summed E-state index contributed by atoms with van der Waals surface area (Å²) in [7, 11) is 1.19. The summed E-state index contributed by atoms with van der Waals surface area (Å²) in [5, 5.41) is 2.22. The highest BCUT2D eigenvalue weighted by Gasteiger charge is 2.36. The van der Waals surface area contributed by atoms with Gasteiger partial charge in [0.2, 0.25) is 0 Å². The van der Waals surface area contributed by atoms with Gasteiger partial charge in [0.1, 0.15) is 12.3 Å². The van der Waals surface area contributed by atoms with Gasteiger partial charge in [0, 0.05) is 5.69 Å². The Labute approximate surface area is 183 Å². The summed E-state index contributed by atoms with van der Waals surface area (Å²) >= 11 is 0.756. The number of hydrogen-bond donors (Lipinski definition) is 1. The third-order valence-corrected chi connectivity index (χ3v) is 5.18. The summed E-state index contributed by atoms with van der Waals surface area (Å²) in [6.07, 6.45) is 1.55. The number of nitrogens with one attached hydrogen (secondary N) is 1. The van der Waals surface area contributed by atoms with E-state index in [1.807, 2.05) is 31.2 Å². The Bertz CT molecular complexity index is 1030. The van der Waals surface area contributed by atoms with E-state index >= 15 is 0 Å². The Kier molecular flexibility index (Phi) is 7.09. The Morgan fingerprint density at radius 2 is 1.74 bits per heavy atom. The molecule has 0 aromatic heterocycles. The van der Waals surface area contributed by atoms with Crippen molar-refractivity contribution in [3.63, 3.8) is 0 Å². The lowest BCUT2D eigenvalue weighted by Gasteiger charge is -2.09. The second kappa shape index (κ2) is 9.94. The van der Waals surface area contributed by atoms with Crippen LogP contribution in [0.2, 0.25) is 0 Å². The molecule has 0 radical (unpaired) electrons. The number of anilines is 1. The lowest BCUT2D eigenvalue weighted by molar-refractivity contribution is -0.143. The van der Waals surface area contributed by atoms with Gasteiger partial charge in [0.05, 0.1) is 12.0 Å². The molecule has 1 saturated heterocycles. The van der Waals surface area contributed by atoms with E-state index in [0.717, 1.165) is 22.2 Å². The number of nitrogens with zero attached hydrogens (tertiary/aromatic N) is 1. The smallest absolute Gasteiger partial charge is 0.325 e. The quantitative estimate of drug-likeness (QED) is 0.521. The van der Waals surface area contributed by atoms with Crippen LogP contribution in [0, 0.1) is 6.92 Å². The van der Waals surface area contributed by atoms with Gasteiger partial charge in [0.15, 0.2) is 6.61 Å². The normalized spacial score (nSPS) is 14.6. The van der Waals surface area contributed by atoms with Gasteiger partial charge in [-0.2, -0.15) is 0 Å². The third-order valence-electron chi connectivity index (χ3n) is 4.27. The summed E-state index contributed by atoms with van der Waals surface area (Å²) in [5.74, 6) is -1.02. The van der Waals surface area contributed by atoms with Gasteiger partial charge in [-0.05, 0) is 54.6 Å². The zero-order valence-electron chi connectivity index (χ0n) is 16.9. The largest absolute Gasteiger partial charge is 0.484 e. The lowest BCUT2D eigenvalue weighted by atomic mass is 10.2. The minimum Gasteiger partial charge on any atom is -0.484 e. The molecular formula is C22H20N2O6S. The molecule has 0 aliphatic carbocycles. The number of methoxy groups -OCH3 is 1. The summed E-state index contributed by atoms with van der Waals surface area (Å²) in [4.78, 5) is 48.7. The molecule has 1 heterocycles. The van der Waals surface area contributed by atoms with Gasteiger partial charge in [-0.1, -0.05) is 29.8 Å². The summed E-state index contributed by atoms with van der Waals surface area (Å²) in [6.45, 7) is 1.39. The molecular weight excluding hydrogens is 420 g/mol. The van der Waals surface area contributed by atoms with E-state index in [1.54, 1.807) is 30.3 Å². The number of benzene rings is 2. The summed E-state index contributed by atoms with van der Waals surface area (Å²) < 4.78 is 9.98. The van der Waals surface area contributed by atoms with Crippen molar-refractivity contribution in [2.45, 2.75) is 6.92 Å². The van der Waals surface area contributed by atoms with Crippen molar-refractivity contribution >= 4 is 46.5 Å². The maximum atomic E-state index is 12.3. The first-order valence-corrected chi connectivity index (χ1v) is 10.1. The molecule has 8 nitrogen and oxygen atoms in total. The van der Waals surface area contributed by atoms with Crippen LogP contribution in [0.15, 0.2) is 53.4 Å². The number of aryl methyl sites for hydroxylation is 1. The van der Waals surface area contributed by atoms with E-state index < -0.39 is 23.7 Å². The van der Waals surface area contributed by atoms with Crippen LogP contribution >= 0.6 is 11.8 Å². The van der Waals surface area contributed by atoms with Gasteiger partial charge < -0.3 is 14.8 Å². The van der Waals surface area contributed by atoms with Crippen LogP contribution in [0.4, 0.5) is 10.5 Å². The van der Waals surface area contributed by atoms with Gasteiger partial charge in [-0.25, -0.2) is 0 Å². The molecule has 1 aliphatic rings. The van der Waals surface area contributed by atoms with Crippen molar-refractivity contribution in [2.24, 2.45) is 0 Å². The van der Waals surface area contributed by atoms with Gasteiger partial charge in [-0.3, -0.25) is 24.1 Å². The Balaban J connectivity index is 1.55. The van der Waals surface area contributed by atoms with Gasteiger partial charge in [0.25, 0.3) is 17.1 Å². The monoisotopic (exact) mass is 440 g/mol. The number of ether oxygens (including phenoxy) is 2. The number of esters is 1. The first-order chi connectivity index (χ1) is 14.9. The number of imide groups is 1. The van der Waals surface area contributed by atoms with E-state index in [4.69, 9.17) is 4.74 Å². The summed E-state index contributed by atoms with van der Waals surface area (Å²) in [5.41, 5.74) is 2.46. The highest BCUT2D eigenvalue weighted by atomic mass is 32.2. The molecule has 3 rings (SSSR count). The predicted molar refractivity (Wildman–Crippen MR) is 116 cm³/mol. The Hall–Kier alpha value is -3.59. The fourth-order valence-corrected chi connectivity index (χ4v) is 3.46. The van der Waals surface area contributed by atoms with Crippen LogP contribution in [0.25, 0.3) is 6.08 Å². The molecule has 0 spiro atoms.